The molecule has 1 saturated heterocycles. The topological polar surface area (TPSA) is 89.5 Å². The Labute approximate surface area is 207 Å². The van der Waals surface area contributed by atoms with E-state index in [9.17, 15) is 4.79 Å². The first-order chi connectivity index (χ1) is 17.1. The largest absolute Gasteiger partial charge is 0.497 e. The molecule has 3 heterocycles. The minimum absolute atomic E-state index is 0.199. The lowest BCUT2D eigenvalue weighted by molar-refractivity contribution is 0.215. The highest BCUT2D eigenvalue weighted by Gasteiger charge is 2.23. The van der Waals surface area contributed by atoms with Gasteiger partial charge in [0.15, 0.2) is 0 Å². The summed E-state index contributed by atoms with van der Waals surface area (Å²) in [5, 5.41) is 8.66. The zero-order valence-electron chi connectivity index (χ0n) is 19.3. The lowest BCUT2D eigenvalue weighted by Gasteiger charge is -2.35. The van der Waals surface area contributed by atoms with Crippen LogP contribution in [0.1, 0.15) is 11.5 Å². The molecule has 1 aliphatic rings. The van der Waals surface area contributed by atoms with Gasteiger partial charge in [0.2, 0.25) is 11.7 Å². The Morgan fingerprint density at radius 2 is 1.74 bits per heavy atom. The second-order valence-electron chi connectivity index (χ2n) is 8.30. The molecule has 0 aliphatic carbocycles. The lowest BCUT2D eigenvalue weighted by Crippen LogP contribution is -2.46. The number of rotatable bonds is 7. The SMILES string of the molecule is COc1ccc(-c2noc(CN3CCN(c4cnn(Cc5ccccc5)c(=O)c4Cl)CC3)n2)cc1. The highest BCUT2D eigenvalue weighted by Crippen LogP contribution is 2.24. The first kappa shape index (κ1) is 23.1. The van der Waals surface area contributed by atoms with Crippen molar-refractivity contribution in [1.82, 2.24) is 24.8 Å². The number of nitrogens with zero attached hydrogens (tertiary/aromatic N) is 6. The van der Waals surface area contributed by atoms with Crippen molar-refractivity contribution in [2.45, 2.75) is 13.1 Å². The van der Waals surface area contributed by atoms with Crippen molar-refractivity contribution in [1.29, 1.82) is 0 Å². The zero-order chi connectivity index (χ0) is 24.2. The Bertz CT molecular complexity index is 1330. The molecule has 2 aromatic heterocycles. The molecular weight excluding hydrogens is 468 g/mol. The molecule has 0 N–H and O–H groups in total. The van der Waals surface area contributed by atoms with E-state index in [0.717, 1.165) is 30.0 Å². The van der Waals surface area contributed by atoms with Crippen molar-refractivity contribution in [3.05, 3.63) is 87.6 Å². The summed E-state index contributed by atoms with van der Waals surface area (Å²) in [6, 6.07) is 17.3. The van der Waals surface area contributed by atoms with Gasteiger partial charge in [-0.15, -0.1) is 0 Å². The summed E-state index contributed by atoms with van der Waals surface area (Å²) in [4.78, 5) is 21.7. The van der Waals surface area contributed by atoms with Gasteiger partial charge in [-0.3, -0.25) is 9.69 Å². The van der Waals surface area contributed by atoms with E-state index in [-0.39, 0.29) is 10.6 Å². The number of hydrogen-bond acceptors (Lipinski definition) is 8. The normalized spacial score (nSPS) is 14.3. The highest BCUT2D eigenvalue weighted by atomic mass is 35.5. The van der Waals surface area contributed by atoms with Crippen LogP contribution in [0.2, 0.25) is 5.02 Å². The van der Waals surface area contributed by atoms with Crippen LogP contribution in [0.5, 0.6) is 5.75 Å². The fourth-order valence-electron chi connectivity index (χ4n) is 4.06. The second kappa shape index (κ2) is 10.3. The van der Waals surface area contributed by atoms with Crippen LogP contribution in [-0.4, -0.2) is 58.1 Å². The summed E-state index contributed by atoms with van der Waals surface area (Å²) >= 11 is 6.47. The molecule has 0 spiro atoms. The molecule has 0 atom stereocenters. The Morgan fingerprint density at radius 3 is 2.46 bits per heavy atom. The Hall–Kier alpha value is -3.69. The maximum Gasteiger partial charge on any atom is 0.287 e. The van der Waals surface area contributed by atoms with Crippen LogP contribution in [-0.2, 0) is 13.1 Å². The molecule has 2 aromatic carbocycles. The number of anilines is 1. The number of piperazine rings is 1. The van der Waals surface area contributed by atoms with Crippen molar-refractivity contribution >= 4 is 17.3 Å². The quantitative estimate of drug-likeness (QED) is 0.388. The summed E-state index contributed by atoms with van der Waals surface area (Å²) in [6.45, 7) is 3.90. The van der Waals surface area contributed by atoms with E-state index in [4.69, 9.17) is 20.9 Å². The van der Waals surface area contributed by atoms with Crippen LogP contribution in [0, 0.1) is 0 Å². The number of halogens is 1. The fourth-order valence-corrected chi connectivity index (χ4v) is 4.33. The van der Waals surface area contributed by atoms with E-state index in [1.54, 1.807) is 13.3 Å². The van der Waals surface area contributed by atoms with E-state index in [0.29, 0.717) is 43.6 Å². The monoisotopic (exact) mass is 492 g/mol. The van der Waals surface area contributed by atoms with E-state index >= 15 is 0 Å². The highest BCUT2D eigenvalue weighted by molar-refractivity contribution is 6.33. The van der Waals surface area contributed by atoms with Crippen molar-refractivity contribution in [3.8, 4) is 17.1 Å². The molecule has 9 nitrogen and oxygen atoms in total. The Morgan fingerprint density at radius 1 is 1.00 bits per heavy atom. The summed E-state index contributed by atoms with van der Waals surface area (Å²) in [7, 11) is 1.63. The van der Waals surface area contributed by atoms with E-state index < -0.39 is 0 Å². The fraction of sp³-hybridized carbons (Fsp3) is 0.280. The lowest BCUT2D eigenvalue weighted by atomic mass is 10.2. The molecule has 1 aliphatic heterocycles. The van der Waals surface area contributed by atoms with Crippen LogP contribution in [0.4, 0.5) is 5.69 Å². The summed E-state index contributed by atoms with van der Waals surface area (Å²) in [5.41, 5.74) is 2.25. The van der Waals surface area contributed by atoms with Gasteiger partial charge >= 0.3 is 0 Å². The van der Waals surface area contributed by atoms with Crippen LogP contribution in [0.3, 0.4) is 0 Å². The summed E-state index contributed by atoms with van der Waals surface area (Å²) < 4.78 is 12.0. The van der Waals surface area contributed by atoms with Crippen LogP contribution in [0.25, 0.3) is 11.4 Å². The molecule has 10 heteroatoms. The average Bonchev–Trinajstić information content (AvgIpc) is 3.37. The first-order valence-electron chi connectivity index (χ1n) is 11.3. The minimum Gasteiger partial charge on any atom is -0.497 e. The number of methoxy groups -OCH3 is 1. The van der Waals surface area contributed by atoms with E-state index in [1.165, 1.54) is 4.68 Å². The number of hydrogen-bond donors (Lipinski definition) is 0. The molecule has 0 radical (unpaired) electrons. The second-order valence-corrected chi connectivity index (χ2v) is 8.67. The molecule has 35 heavy (non-hydrogen) atoms. The maximum absolute atomic E-state index is 12.8. The third-order valence-electron chi connectivity index (χ3n) is 6.03. The van der Waals surface area contributed by atoms with Gasteiger partial charge in [-0.2, -0.15) is 10.1 Å². The third kappa shape index (κ3) is 5.21. The minimum atomic E-state index is -0.285. The van der Waals surface area contributed by atoms with Crippen LogP contribution in [0.15, 0.2) is 70.1 Å². The summed E-state index contributed by atoms with van der Waals surface area (Å²) in [6.07, 6.45) is 1.68. The molecule has 180 valence electrons. The van der Waals surface area contributed by atoms with E-state index in [1.807, 2.05) is 54.6 Å². The first-order valence-corrected chi connectivity index (χ1v) is 11.7. The van der Waals surface area contributed by atoms with E-state index in [2.05, 4.69) is 25.0 Å². The third-order valence-corrected chi connectivity index (χ3v) is 6.39. The van der Waals surface area contributed by atoms with Gasteiger partial charge in [0.25, 0.3) is 5.56 Å². The zero-order valence-corrected chi connectivity index (χ0v) is 20.1. The van der Waals surface area contributed by atoms with Crippen LogP contribution < -0.4 is 15.2 Å². The van der Waals surface area contributed by atoms with Gasteiger partial charge in [-0.25, -0.2) is 4.68 Å². The Kier molecular flexibility index (Phi) is 6.78. The molecule has 4 aromatic rings. The number of aromatic nitrogens is 4. The molecular formula is C25H25ClN6O3. The molecule has 1 fully saturated rings. The molecule has 0 amide bonds. The average molecular weight is 493 g/mol. The molecule has 0 bridgehead atoms. The van der Waals surface area contributed by atoms with Crippen molar-refractivity contribution in [3.63, 3.8) is 0 Å². The number of ether oxygens (including phenoxy) is 1. The van der Waals surface area contributed by atoms with Gasteiger partial charge in [0.05, 0.1) is 32.1 Å². The smallest absolute Gasteiger partial charge is 0.287 e. The maximum atomic E-state index is 12.8. The van der Waals surface area contributed by atoms with Gasteiger partial charge in [0.1, 0.15) is 10.8 Å². The molecule has 0 unspecified atom stereocenters. The van der Waals surface area contributed by atoms with Crippen molar-refractivity contribution < 1.29 is 9.26 Å². The molecule has 0 saturated carbocycles. The molecule has 5 rings (SSSR count). The van der Waals surface area contributed by atoms with Crippen molar-refractivity contribution in [2.75, 3.05) is 38.2 Å². The van der Waals surface area contributed by atoms with Crippen LogP contribution >= 0.6 is 11.6 Å². The Balaban J connectivity index is 1.19. The van der Waals surface area contributed by atoms with Crippen molar-refractivity contribution in [2.24, 2.45) is 0 Å². The van der Waals surface area contributed by atoms with Gasteiger partial charge in [0, 0.05) is 31.7 Å². The summed E-state index contributed by atoms with van der Waals surface area (Å²) in [5.74, 6) is 1.89. The standard InChI is InChI=1S/C25H25ClN6O3/c1-34-20-9-7-19(8-10-20)24-28-22(35-29-24)17-30-11-13-31(14-12-30)21-15-27-32(25(33)23(21)26)16-18-5-3-2-4-6-18/h2-10,15H,11-14,16-17H2,1H3. The predicted molar refractivity (Wildman–Crippen MR) is 133 cm³/mol. The number of benzene rings is 2. The predicted octanol–water partition coefficient (Wildman–Crippen LogP) is 3.33. The van der Waals surface area contributed by atoms with Gasteiger partial charge in [-0.05, 0) is 29.8 Å². The van der Waals surface area contributed by atoms with Gasteiger partial charge < -0.3 is 14.2 Å². The van der Waals surface area contributed by atoms with Gasteiger partial charge in [-0.1, -0.05) is 47.1 Å².